The summed E-state index contributed by atoms with van der Waals surface area (Å²) in [5.41, 5.74) is 9.42. The van der Waals surface area contributed by atoms with Gasteiger partial charge in [-0.1, -0.05) is 12.1 Å². The summed E-state index contributed by atoms with van der Waals surface area (Å²) in [5.74, 6) is 0.0313. The molecule has 0 bridgehead atoms. The largest absolute Gasteiger partial charge is 0.382 e. The standard InChI is InChI=1S/C14H18N6O2S/c15-9-13(14(16)17)19-18-12-3-1-11(2-4-12)10-20-5-7-23(21,22)8-6-20/h1-4,18H,5-8,10H2,(H3,16,17)/b19-13+. The van der Waals surface area contributed by atoms with Crippen molar-refractivity contribution < 1.29 is 8.42 Å². The fraction of sp³-hybridized carbons (Fsp3) is 0.357. The van der Waals surface area contributed by atoms with Crippen LogP contribution in [0.3, 0.4) is 0 Å². The van der Waals surface area contributed by atoms with Crippen molar-refractivity contribution in [3.8, 4) is 6.07 Å². The van der Waals surface area contributed by atoms with Crippen LogP contribution in [0, 0.1) is 16.7 Å². The Morgan fingerprint density at radius 2 is 1.96 bits per heavy atom. The lowest BCUT2D eigenvalue weighted by Crippen LogP contribution is -2.39. The summed E-state index contributed by atoms with van der Waals surface area (Å²) >= 11 is 0. The van der Waals surface area contributed by atoms with Crippen LogP contribution in [0.15, 0.2) is 29.4 Å². The highest BCUT2D eigenvalue weighted by Gasteiger charge is 2.21. The number of hydrazone groups is 1. The monoisotopic (exact) mass is 334 g/mol. The number of nitrogens with one attached hydrogen (secondary N) is 2. The minimum Gasteiger partial charge on any atom is -0.382 e. The van der Waals surface area contributed by atoms with E-state index in [9.17, 15) is 8.42 Å². The van der Waals surface area contributed by atoms with Crippen LogP contribution >= 0.6 is 0 Å². The van der Waals surface area contributed by atoms with E-state index in [0.29, 0.717) is 25.3 Å². The normalized spacial score (nSPS) is 18.1. The van der Waals surface area contributed by atoms with E-state index in [1.165, 1.54) is 0 Å². The van der Waals surface area contributed by atoms with Crippen molar-refractivity contribution in [2.24, 2.45) is 10.8 Å². The zero-order valence-electron chi connectivity index (χ0n) is 12.5. The van der Waals surface area contributed by atoms with Gasteiger partial charge in [-0.3, -0.25) is 15.7 Å². The lowest BCUT2D eigenvalue weighted by molar-refractivity contribution is 0.287. The van der Waals surface area contributed by atoms with E-state index in [4.69, 9.17) is 16.4 Å². The Labute approximate surface area is 135 Å². The van der Waals surface area contributed by atoms with Crippen LogP contribution in [0.4, 0.5) is 5.69 Å². The Kier molecular flexibility index (Phi) is 5.31. The molecule has 4 N–H and O–H groups in total. The van der Waals surface area contributed by atoms with Crippen molar-refractivity contribution in [2.45, 2.75) is 6.54 Å². The van der Waals surface area contributed by atoms with E-state index in [1.807, 2.05) is 12.1 Å². The molecule has 0 radical (unpaired) electrons. The van der Waals surface area contributed by atoms with E-state index in [2.05, 4.69) is 15.4 Å². The predicted molar refractivity (Wildman–Crippen MR) is 89.0 cm³/mol. The van der Waals surface area contributed by atoms with E-state index >= 15 is 0 Å². The Morgan fingerprint density at radius 3 is 2.48 bits per heavy atom. The van der Waals surface area contributed by atoms with E-state index < -0.39 is 15.7 Å². The predicted octanol–water partition coefficient (Wildman–Crippen LogP) is 0.144. The van der Waals surface area contributed by atoms with Crippen molar-refractivity contribution in [3.63, 3.8) is 0 Å². The molecule has 122 valence electrons. The van der Waals surface area contributed by atoms with Crippen molar-refractivity contribution in [3.05, 3.63) is 29.8 Å². The van der Waals surface area contributed by atoms with Gasteiger partial charge in [0.05, 0.1) is 17.2 Å². The molecule has 0 amide bonds. The van der Waals surface area contributed by atoms with Crippen LogP contribution in [0.5, 0.6) is 0 Å². The molecule has 1 aliphatic heterocycles. The average Bonchev–Trinajstić information content (AvgIpc) is 2.51. The van der Waals surface area contributed by atoms with Gasteiger partial charge in [-0.2, -0.15) is 10.4 Å². The average molecular weight is 334 g/mol. The molecule has 2 rings (SSSR count). The molecule has 1 saturated heterocycles. The van der Waals surface area contributed by atoms with Gasteiger partial charge in [-0.05, 0) is 17.7 Å². The molecule has 1 aliphatic rings. The fourth-order valence-corrected chi connectivity index (χ4v) is 3.39. The molecule has 0 aliphatic carbocycles. The molecular formula is C14H18N6O2S. The van der Waals surface area contributed by atoms with Crippen LogP contribution in [-0.4, -0.2) is 49.5 Å². The van der Waals surface area contributed by atoms with E-state index in [-0.39, 0.29) is 17.2 Å². The third-order valence-electron chi connectivity index (χ3n) is 3.45. The molecule has 23 heavy (non-hydrogen) atoms. The summed E-state index contributed by atoms with van der Waals surface area (Å²) in [4.78, 5) is 2.10. The summed E-state index contributed by atoms with van der Waals surface area (Å²) in [6.07, 6.45) is 0. The summed E-state index contributed by atoms with van der Waals surface area (Å²) in [5, 5.41) is 19.7. The van der Waals surface area contributed by atoms with E-state index in [0.717, 1.165) is 5.56 Å². The molecule has 0 unspecified atom stereocenters. The number of hydrogen-bond donors (Lipinski definition) is 3. The zero-order valence-corrected chi connectivity index (χ0v) is 13.3. The lowest BCUT2D eigenvalue weighted by atomic mass is 10.2. The van der Waals surface area contributed by atoms with Gasteiger partial charge in [0.25, 0.3) is 0 Å². The highest BCUT2D eigenvalue weighted by Crippen LogP contribution is 2.13. The molecular weight excluding hydrogens is 316 g/mol. The van der Waals surface area contributed by atoms with Gasteiger partial charge in [0, 0.05) is 19.6 Å². The quantitative estimate of drug-likeness (QED) is 0.398. The summed E-state index contributed by atoms with van der Waals surface area (Å²) in [7, 11) is -2.86. The first-order chi connectivity index (χ1) is 10.9. The van der Waals surface area contributed by atoms with Crippen LogP contribution < -0.4 is 11.2 Å². The Morgan fingerprint density at radius 1 is 1.35 bits per heavy atom. The smallest absolute Gasteiger partial charge is 0.201 e. The third-order valence-corrected chi connectivity index (χ3v) is 5.06. The summed E-state index contributed by atoms with van der Waals surface area (Å²) in [6, 6.07) is 9.13. The number of anilines is 1. The first-order valence-corrected chi connectivity index (χ1v) is 8.82. The van der Waals surface area contributed by atoms with Gasteiger partial charge in [0.2, 0.25) is 5.71 Å². The molecule has 1 heterocycles. The molecule has 1 aromatic carbocycles. The number of rotatable bonds is 5. The highest BCUT2D eigenvalue weighted by molar-refractivity contribution is 7.91. The third kappa shape index (κ3) is 5.05. The molecule has 0 saturated carbocycles. The van der Waals surface area contributed by atoms with Crippen LogP contribution in [-0.2, 0) is 16.4 Å². The highest BCUT2D eigenvalue weighted by atomic mass is 32.2. The fourth-order valence-electron chi connectivity index (χ4n) is 2.12. The van der Waals surface area contributed by atoms with Crippen molar-refractivity contribution in [2.75, 3.05) is 30.0 Å². The SMILES string of the molecule is N#C/C(=N\Nc1ccc(CN2CCS(=O)(=O)CC2)cc1)C(=N)N. The van der Waals surface area contributed by atoms with Gasteiger partial charge in [0.15, 0.2) is 15.7 Å². The van der Waals surface area contributed by atoms with Crippen molar-refractivity contribution >= 4 is 27.1 Å². The topological polar surface area (TPSA) is 135 Å². The van der Waals surface area contributed by atoms with Crippen molar-refractivity contribution in [1.82, 2.24) is 4.90 Å². The number of hydrogen-bond acceptors (Lipinski definition) is 7. The first-order valence-electron chi connectivity index (χ1n) is 6.99. The van der Waals surface area contributed by atoms with Crippen LogP contribution in [0.1, 0.15) is 5.56 Å². The second-order valence-corrected chi connectivity index (χ2v) is 7.53. The number of nitrogens with two attached hydrogens (primary N) is 1. The molecule has 0 atom stereocenters. The van der Waals surface area contributed by atoms with E-state index in [1.54, 1.807) is 18.2 Å². The minimum absolute atomic E-state index is 0.177. The summed E-state index contributed by atoms with van der Waals surface area (Å²) < 4.78 is 22.8. The maximum absolute atomic E-state index is 11.4. The van der Waals surface area contributed by atoms with Gasteiger partial charge >= 0.3 is 0 Å². The van der Waals surface area contributed by atoms with Crippen LogP contribution in [0.2, 0.25) is 0 Å². The number of nitriles is 1. The molecule has 1 aromatic rings. The number of amidine groups is 1. The zero-order chi connectivity index (χ0) is 16.9. The number of benzene rings is 1. The molecule has 1 fully saturated rings. The van der Waals surface area contributed by atoms with Crippen molar-refractivity contribution in [1.29, 1.82) is 10.7 Å². The van der Waals surface area contributed by atoms with Gasteiger partial charge in [-0.25, -0.2) is 8.42 Å². The molecule has 8 nitrogen and oxygen atoms in total. The maximum Gasteiger partial charge on any atom is 0.201 e. The van der Waals surface area contributed by atoms with Gasteiger partial charge < -0.3 is 5.73 Å². The Balaban J connectivity index is 1.93. The first kappa shape index (κ1) is 16.9. The number of sulfone groups is 1. The van der Waals surface area contributed by atoms with Crippen LogP contribution in [0.25, 0.3) is 0 Å². The molecule has 9 heteroatoms. The second kappa shape index (κ2) is 7.21. The van der Waals surface area contributed by atoms with Gasteiger partial charge in [0.1, 0.15) is 6.07 Å². The molecule has 0 spiro atoms. The minimum atomic E-state index is -2.86. The molecule has 0 aromatic heterocycles. The number of nitrogens with zero attached hydrogens (tertiary/aromatic N) is 3. The second-order valence-electron chi connectivity index (χ2n) is 5.22. The maximum atomic E-state index is 11.4. The lowest BCUT2D eigenvalue weighted by Gasteiger charge is -2.26. The van der Waals surface area contributed by atoms with Gasteiger partial charge in [-0.15, -0.1) is 0 Å². The summed E-state index contributed by atoms with van der Waals surface area (Å²) in [6.45, 7) is 1.80. The Bertz CT molecular complexity index is 734. The Hall–Kier alpha value is -2.44.